The molecule has 2 fully saturated rings. The summed E-state index contributed by atoms with van der Waals surface area (Å²) in [6.45, 7) is -0.226. The van der Waals surface area contributed by atoms with E-state index >= 15 is 0 Å². The minimum Gasteiger partial charge on any atom is -0.478 e. The molecule has 1 aromatic carbocycles. The smallest absolute Gasteiger partial charge is 0.346 e. The molecule has 0 radical (unpaired) electrons. The SMILES string of the molecule is O=C(O)C(CNC(=O)C1CC12CCS(=O)(=O)CC2)Oc1ccc(F)cc1. The first-order chi connectivity index (χ1) is 12.2. The molecule has 0 aromatic heterocycles. The fourth-order valence-corrected chi connectivity index (χ4v) is 5.03. The number of aliphatic carboxylic acids is 1. The molecule has 2 unspecified atom stereocenters. The van der Waals surface area contributed by atoms with Crippen molar-refractivity contribution in [2.24, 2.45) is 11.3 Å². The van der Waals surface area contributed by atoms with E-state index in [1.165, 1.54) is 12.1 Å². The Hall–Kier alpha value is -2.16. The Balaban J connectivity index is 1.52. The van der Waals surface area contributed by atoms with Crippen LogP contribution in [-0.2, 0) is 19.4 Å². The van der Waals surface area contributed by atoms with Crippen molar-refractivity contribution < 1.29 is 32.2 Å². The van der Waals surface area contributed by atoms with Crippen LogP contribution in [-0.4, -0.2) is 49.6 Å². The predicted molar refractivity (Wildman–Crippen MR) is 89.9 cm³/mol. The Morgan fingerprint density at radius 3 is 2.46 bits per heavy atom. The molecule has 7 nitrogen and oxygen atoms in total. The van der Waals surface area contributed by atoms with E-state index in [4.69, 9.17) is 4.74 Å². The molecule has 1 aliphatic carbocycles. The van der Waals surface area contributed by atoms with E-state index in [1.54, 1.807) is 0 Å². The Labute approximate surface area is 150 Å². The molecule has 2 atom stereocenters. The molecule has 0 bridgehead atoms. The number of hydrogen-bond acceptors (Lipinski definition) is 5. The molecule has 1 spiro atoms. The fraction of sp³-hybridized carbons (Fsp3) is 0.529. The van der Waals surface area contributed by atoms with E-state index in [0.29, 0.717) is 19.3 Å². The van der Waals surface area contributed by atoms with Crippen molar-refractivity contribution in [3.63, 3.8) is 0 Å². The van der Waals surface area contributed by atoms with E-state index in [9.17, 15) is 27.5 Å². The summed E-state index contributed by atoms with van der Waals surface area (Å²) >= 11 is 0. The van der Waals surface area contributed by atoms with Crippen LogP contribution >= 0.6 is 0 Å². The number of halogens is 1. The number of hydrogen-bond donors (Lipinski definition) is 2. The Bertz CT molecular complexity index is 793. The lowest BCUT2D eigenvalue weighted by molar-refractivity contribution is -0.145. The van der Waals surface area contributed by atoms with Gasteiger partial charge in [-0.15, -0.1) is 0 Å². The average molecular weight is 385 g/mol. The van der Waals surface area contributed by atoms with Crippen LogP contribution < -0.4 is 10.1 Å². The molecule has 1 amide bonds. The van der Waals surface area contributed by atoms with Gasteiger partial charge >= 0.3 is 5.97 Å². The summed E-state index contributed by atoms with van der Waals surface area (Å²) in [6, 6.07) is 4.92. The van der Waals surface area contributed by atoms with E-state index < -0.39 is 27.7 Å². The number of carbonyl (C=O) groups excluding carboxylic acids is 1. The van der Waals surface area contributed by atoms with Crippen molar-refractivity contribution in [3.8, 4) is 5.75 Å². The maximum Gasteiger partial charge on any atom is 0.346 e. The van der Waals surface area contributed by atoms with Crippen LogP contribution in [0.5, 0.6) is 5.75 Å². The summed E-state index contributed by atoms with van der Waals surface area (Å²) in [6.07, 6.45) is 0.278. The van der Waals surface area contributed by atoms with Gasteiger partial charge in [0, 0.05) is 5.92 Å². The number of carboxylic acid groups (broad SMARTS) is 1. The third-order valence-electron chi connectivity index (χ3n) is 5.16. The first kappa shape index (κ1) is 18.6. The fourth-order valence-electron chi connectivity index (χ4n) is 3.39. The van der Waals surface area contributed by atoms with E-state index in [1.807, 2.05) is 0 Å². The molecular weight excluding hydrogens is 365 g/mol. The molecule has 2 aliphatic rings. The molecule has 142 valence electrons. The lowest BCUT2D eigenvalue weighted by Crippen LogP contribution is -2.41. The number of carbonyl (C=O) groups is 2. The number of nitrogens with one attached hydrogen (secondary N) is 1. The number of rotatable bonds is 6. The monoisotopic (exact) mass is 385 g/mol. The van der Waals surface area contributed by atoms with E-state index in [-0.39, 0.29) is 41.0 Å². The Morgan fingerprint density at radius 2 is 1.88 bits per heavy atom. The molecular formula is C17H20FNO6S. The van der Waals surface area contributed by atoms with Gasteiger partial charge in [-0.3, -0.25) is 4.79 Å². The van der Waals surface area contributed by atoms with Crippen molar-refractivity contribution >= 4 is 21.7 Å². The summed E-state index contributed by atoms with van der Waals surface area (Å²) in [5, 5.41) is 11.8. The third-order valence-corrected chi connectivity index (χ3v) is 6.81. The summed E-state index contributed by atoms with van der Waals surface area (Å²) < 4.78 is 41.2. The van der Waals surface area contributed by atoms with Gasteiger partial charge < -0.3 is 15.2 Å². The van der Waals surface area contributed by atoms with Crippen LogP contribution in [0.4, 0.5) is 4.39 Å². The zero-order valence-electron chi connectivity index (χ0n) is 14.0. The Kier molecular flexibility index (Phi) is 4.92. The van der Waals surface area contributed by atoms with Crippen LogP contribution in [0, 0.1) is 17.2 Å². The van der Waals surface area contributed by atoms with Gasteiger partial charge in [-0.1, -0.05) is 0 Å². The number of benzene rings is 1. The quantitative estimate of drug-likeness (QED) is 0.756. The second kappa shape index (κ2) is 6.86. The van der Waals surface area contributed by atoms with Crippen molar-refractivity contribution in [1.29, 1.82) is 0 Å². The van der Waals surface area contributed by atoms with Gasteiger partial charge in [0.05, 0.1) is 18.1 Å². The molecule has 1 saturated carbocycles. The molecule has 9 heteroatoms. The second-order valence-corrected chi connectivity index (χ2v) is 9.22. The van der Waals surface area contributed by atoms with Gasteiger partial charge in [-0.2, -0.15) is 0 Å². The normalized spacial score (nSPS) is 23.8. The summed E-state index contributed by atoms with van der Waals surface area (Å²) in [4.78, 5) is 23.6. The van der Waals surface area contributed by atoms with Gasteiger partial charge in [0.25, 0.3) is 0 Å². The lowest BCUT2D eigenvalue weighted by atomic mass is 9.96. The van der Waals surface area contributed by atoms with Crippen LogP contribution in [0.3, 0.4) is 0 Å². The lowest BCUT2D eigenvalue weighted by Gasteiger charge is -2.22. The minimum atomic E-state index is -2.99. The molecule has 1 heterocycles. The summed E-state index contributed by atoms with van der Waals surface area (Å²) in [5.41, 5.74) is -0.258. The molecule has 3 rings (SSSR count). The third kappa shape index (κ3) is 4.14. The molecule has 26 heavy (non-hydrogen) atoms. The van der Waals surface area contributed by atoms with Crippen LogP contribution in [0.25, 0.3) is 0 Å². The molecule has 1 aliphatic heterocycles. The van der Waals surface area contributed by atoms with Gasteiger partial charge in [-0.05, 0) is 48.9 Å². The van der Waals surface area contributed by atoms with Crippen LogP contribution in [0.1, 0.15) is 19.3 Å². The van der Waals surface area contributed by atoms with Gasteiger partial charge in [0.2, 0.25) is 12.0 Å². The number of ether oxygens (including phenoxy) is 1. The maximum absolute atomic E-state index is 12.9. The van der Waals surface area contributed by atoms with Crippen LogP contribution in [0.15, 0.2) is 24.3 Å². The molecule has 1 saturated heterocycles. The summed E-state index contributed by atoms with van der Waals surface area (Å²) in [7, 11) is -2.99. The highest BCUT2D eigenvalue weighted by Gasteiger charge is 2.59. The van der Waals surface area contributed by atoms with Crippen LogP contribution in [0.2, 0.25) is 0 Å². The van der Waals surface area contributed by atoms with Gasteiger partial charge in [0.15, 0.2) is 0 Å². The van der Waals surface area contributed by atoms with Crippen molar-refractivity contribution in [1.82, 2.24) is 5.32 Å². The van der Waals surface area contributed by atoms with Crippen molar-refractivity contribution in [3.05, 3.63) is 30.1 Å². The second-order valence-electron chi connectivity index (χ2n) is 6.91. The van der Waals surface area contributed by atoms with Gasteiger partial charge in [-0.25, -0.2) is 17.6 Å². The average Bonchev–Trinajstić information content (AvgIpc) is 3.30. The summed E-state index contributed by atoms with van der Waals surface area (Å²) in [5.74, 6) is -1.88. The minimum absolute atomic E-state index is 0.0994. The highest BCUT2D eigenvalue weighted by atomic mass is 32.2. The topological polar surface area (TPSA) is 110 Å². The number of sulfone groups is 1. The first-order valence-corrected chi connectivity index (χ1v) is 10.2. The predicted octanol–water partition coefficient (Wildman–Crippen LogP) is 0.989. The maximum atomic E-state index is 12.9. The standard InChI is InChI=1S/C17H20FNO6S/c18-11-1-3-12(4-2-11)25-14(16(21)22)10-19-15(20)13-9-17(13)5-7-26(23,24)8-6-17/h1-4,13-14H,5-10H2,(H,19,20)(H,21,22). The zero-order valence-corrected chi connectivity index (χ0v) is 14.8. The highest BCUT2D eigenvalue weighted by molar-refractivity contribution is 7.91. The Morgan fingerprint density at radius 1 is 1.27 bits per heavy atom. The highest BCUT2D eigenvalue weighted by Crippen LogP contribution is 2.59. The van der Waals surface area contributed by atoms with Crippen molar-refractivity contribution in [2.45, 2.75) is 25.4 Å². The van der Waals surface area contributed by atoms with E-state index in [0.717, 1.165) is 12.1 Å². The zero-order chi connectivity index (χ0) is 18.9. The van der Waals surface area contributed by atoms with E-state index in [2.05, 4.69) is 5.32 Å². The first-order valence-electron chi connectivity index (χ1n) is 8.34. The largest absolute Gasteiger partial charge is 0.478 e. The van der Waals surface area contributed by atoms with Gasteiger partial charge in [0.1, 0.15) is 21.4 Å². The number of amides is 1. The molecule has 2 N–H and O–H groups in total. The van der Waals surface area contributed by atoms with Crippen molar-refractivity contribution in [2.75, 3.05) is 18.1 Å². The number of carboxylic acids is 1. The molecule has 1 aromatic rings.